The van der Waals surface area contributed by atoms with Gasteiger partial charge in [-0.25, -0.2) is 14.4 Å². The van der Waals surface area contributed by atoms with E-state index in [1.165, 1.54) is 11.6 Å². The van der Waals surface area contributed by atoms with E-state index in [-0.39, 0.29) is 18.1 Å². The predicted octanol–water partition coefficient (Wildman–Crippen LogP) is 4.27. The van der Waals surface area contributed by atoms with Gasteiger partial charge in [0.05, 0.1) is 0 Å². The quantitative estimate of drug-likeness (QED) is 0.651. The van der Waals surface area contributed by atoms with Gasteiger partial charge in [-0.1, -0.05) is 30.3 Å². The summed E-state index contributed by atoms with van der Waals surface area (Å²) in [7, 11) is 0. The van der Waals surface area contributed by atoms with Crippen LogP contribution < -0.4 is 10.1 Å². The Bertz CT molecular complexity index is 923. The van der Waals surface area contributed by atoms with Gasteiger partial charge in [-0.3, -0.25) is 4.90 Å². The molecule has 2 aromatic carbocycles. The summed E-state index contributed by atoms with van der Waals surface area (Å²) in [5.74, 6) is 1.17. The van der Waals surface area contributed by atoms with Crippen molar-refractivity contribution in [2.75, 3.05) is 11.9 Å². The van der Waals surface area contributed by atoms with Crippen LogP contribution in [0.3, 0.4) is 0 Å². The predicted molar refractivity (Wildman–Crippen MR) is 111 cm³/mol. The topological polar surface area (TPSA) is 50.3 Å². The number of fused-ring (bicyclic) bond motifs is 1. The standard InChI is InChI=1S/C23H25FN4O/c1-17(15-27-23-25-12-5-13-26-23)28(16-18-6-3-2-4-7-18)22-11-8-19-14-20(24)9-10-21(19)29-22/h2-7,9-10,12-14,17,22H,8,11,15-16H2,1H3,(H,25,26,27)/t17?,22-/m1/s1. The zero-order valence-corrected chi connectivity index (χ0v) is 16.5. The van der Waals surface area contributed by atoms with Crippen molar-refractivity contribution in [1.82, 2.24) is 14.9 Å². The second-order valence-corrected chi connectivity index (χ2v) is 7.32. The van der Waals surface area contributed by atoms with Crippen LogP contribution in [0.4, 0.5) is 10.3 Å². The number of anilines is 1. The third-order valence-corrected chi connectivity index (χ3v) is 5.21. The normalized spacial score (nSPS) is 16.7. The van der Waals surface area contributed by atoms with E-state index in [1.807, 2.05) is 18.2 Å². The third-order valence-electron chi connectivity index (χ3n) is 5.21. The summed E-state index contributed by atoms with van der Waals surface area (Å²) in [5, 5.41) is 3.31. The average Bonchev–Trinajstić information content (AvgIpc) is 2.77. The molecule has 0 saturated carbocycles. The number of benzene rings is 2. The van der Waals surface area contributed by atoms with E-state index in [9.17, 15) is 4.39 Å². The summed E-state index contributed by atoms with van der Waals surface area (Å²) < 4.78 is 19.8. The van der Waals surface area contributed by atoms with Crippen LogP contribution in [0.15, 0.2) is 67.0 Å². The fraction of sp³-hybridized carbons (Fsp3) is 0.304. The molecule has 0 spiro atoms. The minimum Gasteiger partial charge on any atom is -0.475 e. The molecule has 29 heavy (non-hydrogen) atoms. The summed E-state index contributed by atoms with van der Waals surface area (Å²) in [6, 6.07) is 17.1. The highest BCUT2D eigenvalue weighted by Gasteiger charge is 2.29. The van der Waals surface area contributed by atoms with Crippen molar-refractivity contribution in [1.29, 1.82) is 0 Å². The molecule has 0 amide bonds. The van der Waals surface area contributed by atoms with E-state index < -0.39 is 0 Å². The van der Waals surface area contributed by atoms with Crippen LogP contribution in [0.25, 0.3) is 0 Å². The maximum absolute atomic E-state index is 13.5. The van der Waals surface area contributed by atoms with Gasteiger partial charge in [0.2, 0.25) is 5.95 Å². The first-order valence-corrected chi connectivity index (χ1v) is 9.94. The Morgan fingerprint density at radius 3 is 2.72 bits per heavy atom. The maximum Gasteiger partial charge on any atom is 0.222 e. The first kappa shape index (κ1) is 19.3. The molecule has 0 saturated heterocycles. The molecule has 0 bridgehead atoms. The van der Waals surface area contributed by atoms with Crippen molar-refractivity contribution in [3.63, 3.8) is 0 Å². The Morgan fingerprint density at radius 2 is 1.93 bits per heavy atom. The number of rotatable bonds is 7. The molecule has 1 aromatic heterocycles. The maximum atomic E-state index is 13.5. The van der Waals surface area contributed by atoms with Crippen LogP contribution in [0.5, 0.6) is 5.75 Å². The summed E-state index contributed by atoms with van der Waals surface area (Å²) in [6.07, 6.45) is 4.98. The van der Waals surface area contributed by atoms with Crippen molar-refractivity contribution in [2.24, 2.45) is 0 Å². The fourth-order valence-electron chi connectivity index (χ4n) is 3.66. The molecule has 1 aliphatic heterocycles. The second-order valence-electron chi connectivity index (χ2n) is 7.32. The summed E-state index contributed by atoms with van der Waals surface area (Å²) >= 11 is 0. The van der Waals surface area contributed by atoms with Crippen LogP contribution >= 0.6 is 0 Å². The van der Waals surface area contributed by atoms with Crippen LogP contribution in [0.2, 0.25) is 0 Å². The highest BCUT2D eigenvalue weighted by molar-refractivity contribution is 5.36. The van der Waals surface area contributed by atoms with Gasteiger partial charge in [0.25, 0.3) is 0 Å². The molecule has 0 fully saturated rings. The van der Waals surface area contributed by atoms with Gasteiger partial charge in [0, 0.05) is 37.9 Å². The van der Waals surface area contributed by atoms with Gasteiger partial charge in [0.15, 0.2) is 6.23 Å². The molecule has 3 aromatic rings. The van der Waals surface area contributed by atoms with E-state index in [0.717, 1.165) is 30.7 Å². The van der Waals surface area contributed by atoms with Gasteiger partial charge < -0.3 is 10.1 Å². The largest absolute Gasteiger partial charge is 0.475 e. The van der Waals surface area contributed by atoms with Gasteiger partial charge in [-0.15, -0.1) is 0 Å². The zero-order chi connectivity index (χ0) is 20.1. The van der Waals surface area contributed by atoms with Gasteiger partial charge in [0.1, 0.15) is 11.6 Å². The molecule has 0 aliphatic carbocycles. The molecule has 1 unspecified atom stereocenters. The van der Waals surface area contributed by atoms with Crippen LogP contribution in [0.1, 0.15) is 24.5 Å². The Morgan fingerprint density at radius 1 is 1.14 bits per heavy atom. The molecular formula is C23H25FN4O. The first-order valence-electron chi connectivity index (χ1n) is 9.94. The Hall–Kier alpha value is -2.99. The monoisotopic (exact) mass is 392 g/mol. The van der Waals surface area contributed by atoms with Gasteiger partial charge in [-0.05, 0) is 48.7 Å². The number of aromatic nitrogens is 2. The Labute approximate surface area is 170 Å². The molecule has 4 rings (SSSR count). The van der Waals surface area contributed by atoms with E-state index in [2.05, 4.69) is 39.2 Å². The van der Waals surface area contributed by atoms with E-state index in [0.29, 0.717) is 12.5 Å². The van der Waals surface area contributed by atoms with Crippen molar-refractivity contribution in [2.45, 2.75) is 38.6 Å². The second kappa shape index (κ2) is 9.01. The first-order chi connectivity index (χ1) is 14.2. The minimum absolute atomic E-state index is 0.0818. The molecule has 5 nitrogen and oxygen atoms in total. The van der Waals surface area contributed by atoms with Crippen LogP contribution in [-0.2, 0) is 13.0 Å². The van der Waals surface area contributed by atoms with Crippen LogP contribution in [-0.4, -0.2) is 33.7 Å². The summed E-state index contributed by atoms with van der Waals surface area (Å²) in [5.41, 5.74) is 2.16. The molecule has 6 heteroatoms. The summed E-state index contributed by atoms with van der Waals surface area (Å²) in [6.45, 7) is 3.62. The van der Waals surface area contributed by atoms with Crippen molar-refractivity contribution < 1.29 is 9.13 Å². The van der Waals surface area contributed by atoms with Gasteiger partial charge >= 0.3 is 0 Å². The van der Waals surface area contributed by atoms with E-state index >= 15 is 0 Å². The number of nitrogens with one attached hydrogen (secondary N) is 1. The average molecular weight is 392 g/mol. The summed E-state index contributed by atoms with van der Waals surface area (Å²) in [4.78, 5) is 10.8. The number of ether oxygens (including phenoxy) is 1. The van der Waals surface area contributed by atoms with Crippen molar-refractivity contribution in [3.05, 3.63) is 83.9 Å². The highest BCUT2D eigenvalue weighted by Crippen LogP contribution is 2.31. The number of nitrogens with zero attached hydrogens (tertiary/aromatic N) is 3. The lowest BCUT2D eigenvalue weighted by molar-refractivity contribution is -0.0179. The number of aryl methyl sites for hydroxylation is 1. The number of hydrogen-bond donors (Lipinski definition) is 1. The third kappa shape index (κ3) is 4.90. The molecule has 2 heterocycles. The molecule has 1 aliphatic rings. The minimum atomic E-state index is -0.215. The lowest BCUT2D eigenvalue weighted by Gasteiger charge is -2.39. The molecule has 0 radical (unpaired) electrons. The lowest BCUT2D eigenvalue weighted by Crippen LogP contribution is -2.48. The highest BCUT2D eigenvalue weighted by atomic mass is 19.1. The Kier molecular flexibility index (Phi) is 6.00. The Balaban J connectivity index is 1.51. The van der Waals surface area contributed by atoms with E-state index in [1.54, 1.807) is 30.6 Å². The fourth-order valence-corrected chi connectivity index (χ4v) is 3.66. The van der Waals surface area contributed by atoms with Crippen molar-refractivity contribution >= 4 is 5.95 Å². The van der Waals surface area contributed by atoms with Gasteiger partial charge in [-0.2, -0.15) is 0 Å². The van der Waals surface area contributed by atoms with Crippen LogP contribution in [0, 0.1) is 5.82 Å². The number of halogens is 1. The smallest absolute Gasteiger partial charge is 0.222 e. The lowest BCUT2D eigenvalue weighted by atomic mass is 10.0. The van der Waals surface area contributed by atoms with E-state index in [4.69, 9.17) is 4.74 Å². The van der Waals surface area contributed by atoms with Crippen molar-refractivity contribution in [3.8, 4) is 5.75 Å². The number of hydrogen-bond acceptors (Lipinski definition) is 5. The molecule has 2 atom stereocenters. The SMILES string of the molecule is CC(CNc1ncccn1)N(Cc1ccccc1)[C@H]1CCc2cc(F)ccc2O1. The molecular weight excluding hydrogens is 367 g/mol. The zero-order valence-electron chi connectivity index (χ0n) is 16.5. The molecule has 150 valence electrons. The molecule has 1 N–H and O–H groups in total.